The molecule has 0 amide bonds. The van der Waals surface area contributed by atoms with E-state index in [1.54, 1.807) is 24.3 Å². The van der Waals surface area contributed by atoms with Crippen LogP contribution in [0.25, 0.3) is 6.08 Å². The van der Waals surface area contributed by atoms with Gasteiger partial charge in [-0.1, -0.05) is 29.8 Å². The SMILES string of the molecule is O=C(/C=C/c1ccc(Cl)cc1)C1CO1. The first-order chi connectivity index (χ1) is 6.75. The van der Waals surface area contributed by atoms with E-state index in [0.29, 0.717) is 11.6 Å². The number of hydrogen-bond donors (Lipinski definition) is 0. The molecule has 0 radical (unpaired) electrons. The number of epoxide rings is 1. The topological polar surface area (TPSA) is 29.6 Å². The van der Waals surface area contributed by atoms with Gasteiger partial charge in [0.25, 0.3) is 0 Å². The Balaban J connectivity index is 2.02. The van der Waals surface area contributed by atoms with Gasteiger partial charge in [-0.05, 0) is 23.8 Å². The van der Waals surface area contributed by atoms with Gasteiger partial charge < -0.3 is 4.74 Å². The molecule has 1 aliphatic heterocycles. The molecular weight excluding hydrogens is 200 g/mol. The molecule has 1 aliphatic rings. The van der Waals surface area contributed by atoms with E-state index in [2.05, 4.69) is 0 Å². The number of halogens is 1. The summed E-state index contributed by atoms with van der Waals surface area (Å²) in [7, 11) is 0. The lowest BCUT2D eigenvalue weighted by Crippen LogP contribution is -2.00. The van der Waals surface area contributed by atoms with Crippen molar-refractivity contribution >= 4 is 23.5 Å². The van der Waals surface area contributed by atoms with Gasteiger partial charge in [-0.25, -0.2) is 0 Å². The van der Waals surface area contributed by atoms with E-state index in [1.165, 1.54) is 0 Å². The van der Waals surface area contributed by atoms with Crippen molar-refractivity contribution in [2.75, 3.05) is 6.61 Å². The van der Waals surface area contributed by atoms with E-state index in [-0.39, 0.29) is 11.9 Å². The van der Waals surface area contributed by atoms with E-state index in [1.807, 2.05) is 12.1 Å². The van der Waals surface area contributed by atoms with Crippen LogP contribution in [0, 0.1) is 0 Å². The lowest BCUT2D eigenvalue weighted by atomic mass is 10.2. The van der Waals surface area contributed by atoms with Crippen LogP contribution in [0.4, 0.5) is 0 Å². The molecule has 1 saturated heterocycles. The van der Waals surface area contributed by atoms with Crippen molar-refractivity contribution < 1.29 is 9.53 Å². The second-order valence-electron chi connectivity index (χ2n) is 3.11. The van der Waals surface area contributed by atoms with Gasteiger partial charge in [-0.3, -0.25) is 4.79 Å². The summed E-state index contributed by atoms with van der Waals surface area (Å²) >= 11 is 5.72. The van der Waals surface area contributed by atoms with Gasteiger partial charge in [-0.15, -0.1) is 0 Å². The van der Waals surface area contributed by atoms with Crippen molar-refractivity contribution in [2.24, 2.45) is 0 Å². The highest BCUT2D eigenvalue weighted by Gasteiger charge is 2.28. The van der Waals surface area contributed by atoms with Crippen molar-refractivity contribution in [2.45, 2.75) is 6.10 Å². The molecule has 0 saturated carbocycles. The van der Waals surface area contributed by atoms with Crippen LogP contribution in [0.15, 0.2) is 30.3 Å². The van der Waals surface area contributed by atoms with E-state index in [0.717, 1.165) is 5.56 Å². The van der Waals surface area contributed by atoms with Gasteiger partial charge in [0, 0.05) is 5.02 Å². The van der Waals surface area contributed by atoms with Crippen LogP contribution in [0.5, 0.6) is 0 Å². The molecule has 1 unspecified atom stereocenters. The van der Waals surface area contributed by atoms with Crippen LogP contribution < -0.4 is 0 Å². The number of ether oxygens (including phenoxy) is 1. The predicted molar refractivity (Wildman–Crippen MR) is 55.2 cm³/mol. The Labute approximate surface area is 87.1 Å². The molecule has 3 heteroatoms. The zero-order chi connectivity index (χ0) is 9.97. The molecule has 1 aromatic rings. The number of benzene rings is 1. The molecule has 1 heterocycles. The van der Waals surface area contributed by atoms with Crippen LogP contribution >= 0.6 is 11.6 Å². The van der Waals surface area contributed by atoms with Gasteiger partial charge in [-0.2, -0.15) is 0 Å². The molecule has 1 fully saturated rings. The molecule has 0 bridgehead atoms. The molecule has 2 rings (SSSR count). The lowest BCUT2D eigenvalue weighted by Gasteiger charge is -1.92. The number of hydrogen-bond acceptors (Lipinski definition) is 2. The smallest absolute Gasteiger partial charge is 0.186 e. The Kier molecular flexibility index (Phi) is 2.66. The van der Waals surface area contributed by atoms with Crippen molar-refractivity contribution in [3.63, 3.8) is 0 Å². The fourth-order valence-corrected chi connectivity index (χ4v) is 1.20. The second kappa shape index (κ2) is 3.95. The minimum absolute atomic E-state index is 0.0277. The largest absolute Gasteiger partial charge is 0.364 e. The summed E-state index contributed by atoms with van der Waals surface area (Å²) in [6.45, 7) is 0.559. The highest BCUT2D eigenvalue weighted by molar-refractivity contribution is 6.30. The average molecular weight is 209 g/mol. The van der Waals surface area contributed by atoms with Gasteiger partial charge in [0.2, 0.25) is 0 Å². The van der Waals surface area contributed by atoms with Crippen LogP contribution in [0.2, 0.25) is 5.02 Å². The first kappa shape index (κ1) is 9.44. The summed E-state index contributed by atoms with van der Waals surface area (Å²) in [6, 6.07) is 7.30. The quantitative estimate of drug-likeness (QED) is 0.564. The summed E-state index contributed by atoms with van der Waals surface area (Å²) in [5.74, 6) is 0.0277. The normalized spacial score (nSPS) is 19.9. The minimum Gasteiger partial charge on any atom is -0.364 e. The molecule has 0 aliphatic carbocycles. The second-order valence-corrected chi connectivity index (χ2v) is 3.55. The van der Waals surface area contributed by atoms with Gasteiger partial charge >= 0.3 is 0 Å². The molecule has 0 aromatic heterocycles. The van der Waals surface area contributed by atoms with Crippen LogP contribution in [0.3, 0.4) is 0 Å². The molecule has 0 N–H and O–H groups in total. The zero-order valence-electron chi connectivity index (χ0n) is 7.44. The fraction of sp³-hybridized carbons (Fsp3) is 0.182. The highest BCUT2D eigenvalue weighted by Crippen LogP contribution is 2.13. The Morgan fingerprint density at radius 2 is 2.07 bits per heavy atom. The molecule has 1 atom stereocenters. The molecular formula is C11H9ClO2. The summed E-state index contributed by atoms with van der Waals surface area (Å²) in [5, 5.41) is 0.694. The third-order valence-electron chi connectivity index (χ3n) is 1.96. The first-order valence-electron chi connectivity index (χ1n) is 4.35. The van der Waals surface area contributed by atoms with Crippen molar-refractivity contribution in [3.8, 4) is 0 Å². The standard InChI is InChI=1S/C11H9ClO2/c12-9-4-1-8(2-5-9)3-6-10(13)11-7-14-11/h1-6,11H,7H2/b6-3+. The molecule has 0 spiro atoms. The van der Waals surface area contributed by atoms with Crippen molar-refractivity contribution in [3.05, 3.63) is 40.9 Å². The monoisotopic (exact) mass is 208 g/mol. The number of ketones is 1. The van der Waals surface area contributed by atoms with E-state index < -0.39 is 0 Å². The van der Waals surface area contributed by atoms with Gasteiger partial charge in [0.1, 0.15) is 6.10 Å². The molecule has 72 valence electrons. The number of rotatable bonds is 3. The maximum atomic E-state index is 11.2. The Morgan fingerprint density at radius 1 is 1.43 bits per heavy atom. The average Bonchev–Trinajstić information content (AvgIpc) is 3.00. The van der Waals surface area contributed by atoms with E-state index in [9.17, 15) is 4.79 Å². The minimum atomic E-state index is -0.196. The number of carbonyl (C=O) groups is 1. The molecule has 1 aromatic carbocycles. The first-order valence-corrected chi connectivity index (χ1v) is 4.72. The zero-order valence-corrected chi connectivity index (χ0v) is 8.20. The Bertz CT molecular complexity index is 363. The van der Waals surface area contributed by atoms with Crippen LogP contribution in [0.1, 0.15) is 5.56 Å². The predicted octanol–water partition coefficient (Wildman–Crippen LogP) is 2.32. The Morgan fingerprint density at radius 3 is 2.64 bits per heavy atom. The maximum absolute atomic E-state index is 11.2. The summed E-state index contributed by atoms with van der Waals surface area (Å²) in [4.78, 5) is 11.2. The number of carbonyl (C=O) groups excluding carboxylic acids is 1. The fourth-order valence-electron chi connectivity index (χ4n) is 1.07. The third kappa shape index (κ3) is 2.44. The summed E-state index contributed by atoms with van der Waals surface area (Å²) < 4.78 is 4.86. The van der Waals surface area contributed by atoms with Crippen molar-refractivity contribution in [1.82, 2.24) is 0 Å². The third-order valence-corrected chi connectivity index (χ3v) is 2.21. The van der Waals surface area contributed by atoms with Crippen LogP contribution in [-0.2, 0) is 9.53 Å². The van der Waals surface area contributed by atoms with Gasteiger partial charge in [0.05, 0.1) is 6.61 Å². The van der Waals surface area contributed by atoms with E-state index in [4.69, 9.17) is 16.3 Å². The lowest BCUT2D eigenvalue weighted by molar-refractivity contribution is -0.115. The summed E-state index contributed by atoms with van der Waals surface area (Å²) in [6.07, 6.45) is 3.11. The van der Waals surface area contributed by atoms with E-state index >= 15 is 0 Å². The molecule has 14 heavy (non-hydrogen) atoms. The van der Waals surface area contributed by atoms with Crippen LogP contribution in [-0.4, -0.2) is 18.5 Å². The van der Waals surface area contributed by atoms with Crippen molar-refractivity contribution in [1.29, 1.82) is 0 Å². The highest BCUT2D eigenvalue weighted by atomic mass is 35.5. The Hall–Kier alpha value is -1.12. The molecule has 2 nitrogen and oxygen atoms in total. The maximum Gasteiger partial charge on any atom is 0.186 e. The van der Waals surface area contributed by atoms with Gasteiger partial charge in [0.15, 0.2) is 5.78 Å². The summed E-state index contributed by atoms with van der Waals surface area (Å²) in [5.41, 5.74) is 0.961.